The van der Waals surface area contributed by atoms with Gasteiger partial charge in [0, 0.05) is 5.69 Å². The molecule has 1 aliphatic rings. The molecule has 0 bridgehead atoms. The average molecular weight is 231 g/mol. The molecule has 17 heavy (non-hydrogen) atoms. The summed E-state index contributed by atoms with van der Waals surface area (Å²) in [5.74, 6) is 0. The standard InChI is InChI=1S/C15H21NO/c1-3-4-11-15(2,17)14-10-9-12-7-5-6-8-13(12)16-14/h3,5-8,14,16-17H,1,4,9-11H2,2H3. The van der Waals surface area contributed by atoms with Crippen LogP contribution < -0.4 is 5.32 Å². The summed E-state index contributed by atoms with van der Waals surface area (Å²) in [6.07, 6.45) is 5.51. The zero-order valence-corrected chi connectivity index (χ0v) is 10.4. The molecule has 0 spiro atoms. The molecule has 2 unspecified atom stereocenters. The van der Waals surface area contributed by atoms with Crippen molar-refractivity contribution in [3.8, 4) is 0 Å². The number of hydrogen-bond acceptors (Lipinski definition) is 2. The molecule has 0 saturated carbocycles. The van der Waals surface area contributed by atoms with Crippen LogP contribution in [0.15, 0.2) is 36.9 Å². The van der Waals surface area contributed by atoms with Crippen LogP contribution in [0, 0.1) is 0 Å². The van der Waals surface area contributed by atoms with Crippen molar-refractivity contribution in [2.24, 2.45) is 0 Å². The maximum absolute atomic E-state index is 10.5. The van der Waals surface area contributed by atoms with E-state index in [1.54, 1.807) is 0 Å². The van der Waals surface area contributed by atoms with Gasteiger partial charge in [-0.1, -0.05) is 24.3 Å². The van der Waals surface area contributed by atoms with Gasteiger partial charge in [0.15, 0.2) is 0 Å². The quantitative estimate of drug-likeness (QED) is 0.780. The van der Waals surface area contributed by atoms with E-state index >= 15 is 0 Å². The molecule has 1 aromatic carbocycles. The van der Waals surface area contributed by atoms with Gasteiger partial charge in [0.2, 0.25) is 0 Å². The molecule has 2 rings (SSSR count). The Morgan fingerprint density at radius 3 is 3.06 bits per heavy atom. The number of aryl methyl sites for hydroxylation is 1. The fourth-order valence-electron chi connectivity index (χ4n) is 2.47. The van der Waals surface area contributed by atoms with Crippen molar-refractivity contribution in [2.45, 2.75) is 44.2 Å². The summed E-state index contributed by atoms with van der Waals surface area (Å²) in [4.78, 5) is 0. The van der Waals surface area contributed by atoms with Gasteiger partial charge in [-0.2, -0.15) is 0 Å². The molecule has 0 saturated heterocycles. The second-order valence-electron chi connectivity index (χ2n) is 5.08. The van der Waals surface area contributed by atoms with Crippen molar-refractivity contribution in [2.75, 3.05) is 5.32 Å². The first-order valence-electron chi connectivity index (χ1n) is 6.31. The van der Waals surface area contributed by atoms with Crippen LogP contribution in [0.5, 0.6) is 0 Å². The monoisotopic (exact) mass is 231 g/mol. The van der Waals surface area contributed by atoms with Gasteiger partial charge in [0.25, 0.3) is 0 Å². The van der Waals surface area contributed by atoms with Gasteiger partial charge in [0.1, 0.15) is 0 Å². The lowest BCUT2D eigenvalue weighted by atomic mass is 9.84. The van der Waals surface area contributed by atoms with E-state index in [4.69, 9.17) is 0 Å². The number of benzene rings is 1. The molecule has 0 amide bonds. The Kier molecular flexibility index (Phi) is 3.53. The summed E-state index contributed by atoms with van der Waals surface area (Å²) in [6.45, 7) is 5.63. The molecule has 0 fully saturated rings. The summed E-state index contributed by atoms with van der Waals surface area (Å²) >= 11 is 0. The minimum absolute atomic E-state index is 0.136. The Balaban J connectivity index is 2.08. The van der Waals surface area contributed by atoms with Crippen molar-refractivity contribution in [3.63, 3.8) is 0 Å². The first-order valence-corrected chi connectivity index (χ1v) is 6.31. The van der Waals surface area contributed by atoms with Crippen LogP contribution in [0.25, 0.3) is 0 Å². The molecule has 1 aliphatic heterocycles. The maximum Gasteiger partial charge on any atom is 0.0822 e. The third-order valence-electron chi connectivity index (χ3n) is 3.65. The molecule has 1 aromatic rings. The average Bonchev–Trinajstić information content (AvgIpc) is 2.36. The third-order valence-corrected chi connectivity index (χ3v) is 3.65. The van der Waals surface area contributed by atoms with Crippen molar-refractivity contribution in [1.82, 2.24) is 0 Å². The Labute approximate surface area is 103 Å². The summed E-state index contributed by atoms with van der Waals surface area (Å²) < 4.78 is 0. The Morgan fingerprint density at radius 1 is 1.53 bits per heavy atom. The van der Waals surface area contributed by atoms with Crippen molar-refractivity contribution in [3.05, 3.63) is 42.5 Å². The fourth-order valence-corrected chi connectivity index (χ4v) is 2.47. The minimum atomic E-state index is -0.665. The first kappa shape index (κ1) is 12.2. The summed E-state index contributed by atoms with van der Waals surface area (Å²) in [7, 11) is 0. The molecular weight excluding hydrogens is 210 g/mol. The lowest BCUT2D eigenvalue weighted by Gasteiger charge is -2.37. The van der Waals surface area contributed by atoms with Gasteiger partial charge < -0.3 is 10.4 Å². The molecular formula is C15H21NO. The first-order chi connectivity index (χ1) is 8.13. The van der Waals surface area contributed by atoms with Crippen molar-refractivity contribution < 1.29 is 5.11 Å². The van der Waals surface area contributed by atoms with E-state index in [-0.39, 0.29) is 6.04 Å². The Hall–Kier alpha value is -1.28. The zero-order valence-electron chi connectivity index (χ0n) is 10.4. The van der Waals surface area contributed by atoms with Crippen LogP contribution in [0.3, 0.4) is 0 Å². The fraction of sp³-hybridized carbons (Fsp3) is 0.467. The number of rotatable bonds is 4. The van der Waals surface area contributed by atoms with E-state index < -0.39 is 5.60 Å². The van der Waals surface area contributed by atoms with E-state index in [1.807, 2.05) is 19.1 Å². The molecule has 2 nitrogen and oxygen atoms in total. The van der Waals surface area contributed by atoms with E-state index in [9.17, 15) is 5.11 Å². The largest absolute Gasteiger partial charge is 0.388 e. The number of para-hydroxylation sites is 1. The Bertz CT molecular complexity index is 398. The van der Waals surface area contributed by atoms with Gasteiger partial charge in [-0.3, -0.25) is 0 Å². The molecule has 0 radical (unpaired) electrons. The summed E-state index contributed by atoms with van der Waals surface area (Å²) in [5, 5.41) is 13.9. The lowest BCUT2D eigenvalue weighted by molar-refractivity contribution is 0.0284. The summed E-state index contributed by atoms with van der Waals surface area (Å²) in [6, 6.07) is 8.48. The van der Waals surface area contributed by atoms with Crippen LogP contribution in [0.1, 0.15) is 31.7 Å². The Morgan fingerprint density at radius 2 is 2.29 bits per heavy atom. The zero-order chi connectivity index (χ0) is 12.3. The highest BCUT2D eigenvalue weighted by Crippen LogP contribution is 2.31. The van der Waals surface area contributed by atoms with Gasteiger partial charge in [-0.05, 0) is 44.2 Å². The van der Waals surface area contributed by atoms with Crippen LogP contribution in [0.4, 0.5) is 5.69 Å². The lowest BCUT2D eigenvalue weighted by Crippen LogP contribution is -2.46. The number of allylic oxidation sites excluding steroid dienone is 1. The number of nitrogens with one attached hydrogen (secondary N) is 1. The number of fused-ring (bicyclic) bond motifs is 1. The smallest absolute Gasteiger partial charge is 0.0822 e. The summed E-state index contributed by atoms with van der Waals surface area (Å²) in [5.41, 5.74) is 1.85. The molecule has 2 atom stereocenters. The van der Waals surface area contributed by atoms with E-state index in [1.165, 1.54) is 11.3 Å². The normalized spacial score (nSPS) is 22.1. The second kappa shape index (κ2) is 4.92. The van der Waals surface area contributed by atoms with E-state index in [0.29, 0.717) is 0 Å². The SMILES string of the molecule is C=CCCC(C)(O)C1CCc2ccccc2N1. The van der Waals surface area contributed by atoms with Gasteiger partial charge in [-0.25, -0.2) is 0 Å². The second-order valence-corrected chi connectivity index (χ2v) is 5.08. The molecule has 0 aliphatic carbocycles. The highest BCUT2D eigenvalue weighted by atomic mass is 16.3. The highest BCUT2D eigenvalue weighted by molar-refractivity contribution is 5.54. The van der Waals surface area contributed by atoms with Gasteiger partial charge in [0.05, 0.1) is 11.6 Å². The predicted octanol–water partition coefficient (Wildman–Crippen LogP) is 3.13. The number of aliphatic hydroxyl groups is 1. The van der Waals surface area contributed by atoms with Crippen molar-refractivity contribution >= 4 is 5.69 Å². The number of anilines is 1. The molecule has 2 heteroatoms. The molecule has 1 heterocycles. The molecule has 92 valence electrons. The van der Waals surface area contributed by atoms with Gasteiger partial charge in [-0.15, -0.1) is 6.58 Å². The van der Waals surface area contributed by atoms with Crippen LogP contribution in [-0.4, -0.2) is 16.7 Å². The third kappa shape index (κ3) is 2.70. The maximum atomic E-state index is 10.5. The van der Waals surface area contributed by atoms with E-state index in [0.717, 1.165) is 25.7 Å². The molecule has 0 aromatic heterocycles. The minimum Gasteiger partial charge on any atom is -0.388 e. The predicted molar refractivity (Wildman–Crippen MR) is 72.2 cm³/mol. The van der Waals surface area contributed by atoms with Crippen molar-refractivity contribution in [1.29, 1.82) is 0 Å². The van der Waals surface area contributed by atoms with Crippen LogP contribution >= 0.6 is 0 Å². The van der Waals surface area contributed by atoms with E-state index in [2.05, 4.69) is 30.1 Å². The van der Waals surface area contributed by atoms with Crippen LogP contribution in [0.2, 0.25) is 0 Å². The highest BCUT2D eigenvalue weighted by Gasteiger charge is 2.33. The van der Waals surface area contributed by atoms with Crippen LogP contribution in [-0.2, 0) is 6.42 Å². The topological polar surface area (TPSA) is 32.3 Å². The molecule has 2 N–H and O–H groups in total. The van der Waals surface area contributed by atoms with Gasteiger partial charge >= 0.3 is 0 Å². The number of hydrogen-bond donors (Lipinski definition) is 2.